The van der Waals surface area contributed by atoms with Crippen LogP contribution in [0.1, 0.15) is 26.7 Å². The molecule has 0 radical (unpaired) electrons. The van der Waals surface area contributed by atoms with Gasteiger partial charge < -0.3 is 5.32 Å². The highest BCUT2D eigenvalue weighted by atomic mass is 35.5. The van der Waals surface area contributed by atoms with E-state index in [1.807, 2.05) is 13.8 Å². The minimum absolute atomic E-state index is 0.0323. The third kappa shape index (κ3) is 4.22. The summed E-state index contributed by atoms with van der Waals surface area (Å²) < 4.78 is 27.1. The van der Waals surface area contributed by atoms with Crippen LogP contribution in [0.25, 0.3) is 0 Å². The number of rotatable bonds is 5. The molecule has 0 atom stereocenters. The first kappa shape index (κ1) is 17.7. The van der Waals surface area contributed by atoms with Crippen LogP contribution in [0.3, 0.4) is 0 Å². The molecule has 124 valence electrons. The molecule has 0 aromatic carbocycles. The molecule has 2 rings (SSSR count). The average molecular weight is 365 g/mol. The van der Waals surface area contributed by atoms with E-state index in [9.17, 15) is 13.2 Å². The molecule has 8 heteroatoms. The van der Waals surface area contributed by atoms with Gasteiger partial charge in [0.25, 0.3) is 10.0 Å². The molecular formula is C14H21ClN2O3S2. The molecular weight excluding hydrogens is 344 g/mol. The molecule has 1 aliphatic heterocycles. The second-order valence-electron chi connectivity index (χ2n) is 5.88. The Morgan fingerprint density at radius 2 is 2.05 bits per heavy atom. The van der Waals surface area contributed by atoms with E-state index < -0.39 is 10.0 Å². The van der Waals surface area contributed by atoms with Crippen LogP contribution in [0, 0.1) is 11.8 Å². The molecule has 1 amide bonds. The van der Waals surface area contributed by atoms with E-state index in [2.05, 4.69) is 5.32 Å². The number of amides is 1. The van der Waals surface area contributed by atoms with Crippen molar-refractivity contribution in [2.45, 2.75) is 30.9 Å². The average Bonchev–Trinajstić information content (AvgIpc) is 2.92. The zero-order chi connectivity index (χ0) is 16.3. The monoisotopic (exact) mass is 364 g/mol. The van der Waals surface area contributed by atoms with Crippen LogP contribution in [-0.4, -0.2) is 38.3 Å². The van der Waals surface area contributed by atoms with Gasteiger partial charge in [-0.2, -0.15) is 4.31 Å². The Balaban J connectivity index is 1.93. The van der Waals surface area contributed by atoms with Crippen LogP contribution in [0.15, 0.2) is 16.3 Å². The summed E-state index contributed by atoms with van der Waals surface area (Å²) >= 11 is 6.88. The number of nitrogens with zero attached hydrogens (tertiary/aromatic N) is 1. The van der Waals surface area contributed by atoms with Gasteiger partial charge in [0.1, 0.15) is 4.21 Å². The Bertz CT molecular complexity index is 620. The van der Waals surface area contributed by atoms with E-state index in [1.165, 1.54) is 10.4 Å². The summed E-state index contributed by atoms with van der Waals surface area (Å²) in [4.78, 5) is 12.0. The third-order valence-electron chi connectivity index (χ3n) is 3.65. The lowest BCUT2D eigenvalue weighted by Gasteiger charge is -2.30. The molecule has 1 N–H and O–H groups in total. The topological polar surface area (TPSA) is 66.5 Å². The normalized spacial score (nSPS) is 17.8. The molecule has 0 saturated carbocycles. The molecule has 5 nitrogen and oxygen atoms in total. The Kier molecular flexibility index (Phi) is 5.87. The maximum Gasteiger partial charge on any atom is 0.252 e. The van der Waals surface area contributed by atoms with Gasteiger partial charge in [-0.25, -0.2) is 8.42 Å². The molecule has 1 aromatic heterocycles. The van der Waals surface area contributed by atoms with E-state index in [-0.39, 0.29) is 16.0 Å². The lowest BCUT2D eigenvalue weighted by Crippen LogP contribution is -2.43. The zero-order valence-electron chi connectivity index (χ0n) is 12.7. The highest BCUT2D eigenvalue weighted by Gasteiger charge is 2.32. The van der Waals surface area contributed by atoms with Crippen LogP contribution in [-0.2, 0) is 14.8 Å². The summed E-state index contributed by atoms with van der Waals surface area (Å²) in [5.74, 6) is 0.343. The van der Waals surface area contributed by atoms with Crippen molar-refractivity contribution >= 4 is 38.9 Å². The second-order valence-corrected chi connectivity index (χ2v) is 9.76. The SMILES string of the molecule is CC(C)CNC(=O)C1CCN(S(=O)(=O)c2ccc(Cl)s2)CC1. The number of hydrogen-bond donors (Lipinski definition) is 1. The van der Waals surface area contributed by atoms with Gasteiger partial charge in [-0.1, -0.05) is 25.4 Å². The van der Waals surface area contributed by atoms with Crippen molar-refractivity contribution in [1.82, 2.24) is 9.62 Å². The maximum absolute atomic E-state index is 12.5. The minimum Gasteiger partial charge on any atom is -0.356 e. The summed E-state index contributed by atoms with van der Waals surface area (Å²) in [5, 5.41) is 2.92. The van der Waals surface area contributed by atoms with Gasteiger partial charge in [-0.3, -0.25) is 4.79 Å². The predicted molar refractivity (Wildman–Crippen MR) is 88.7 cm³/mol. The van der Waals surface area contributed by atoms with Gasteiger partial charge in [-0.05, 0) is 30.9 Å². The van der Waals surface area contributed by atoms with E-state index >= 15 is 0 Å². The lowest BCUT2D eigenvalue weighted by molar-refractivity contribution is -0.126. The quantitative estimate of drug-likeness (QED) is 0.873. The minimum atomic E-state index is -3.48. The summed E-state index contributed by atoms with van der Waals surface area (Å²) in [7, 11) is -3.48. The van der Waals surface area contributed by atoms with Crippen molar-refractivity contribution in [3.63, 3.8) is 0 Å². The standard InChI is InChI=1S/C14H21ClN2O3S2/c1-10(2)9-16-14(18)11-5-7-17(8-6-11)22(19,20)13-4-3-12(15)21-13/h3-4,10-11H,5-9H2,1-2H3,(H,16,18). The first-order valence-corrected chi connectivity index (χ1v) is 9.97. The van der Waals surface area contributed by atoms with Crippen molar-refractivity contribution in [2.24, 2.45) is 11.8 Å². The summed E-state index contributed by atoms with van der Waals surface area (Å²) in [6.45, 7) is 5.49. The Labute approximate surface area is 140 Å². The highest BCUT2D eigenvalue weighted by molar-refractivity contribution is 7.91. The van der Waals surface area contributed by atoms with E-state index in [1.54, 1.807) is 6.07 Å². The van der Waals surface area contributed by atoms with E-state index in [4.69, 9.17) is 11.6 Å². The Hall–Kier alpha value is -0.630. The van der Waals surface area contributed by atoms with Gasteiger partial charge in [0.15, 0.2) is 0 Å². The van der Waals surface area contributed by atoms with Crippen molar-refractivity contribution in [2.75, 3.05) is 19.6 Å². The zero-order valence-corrected chi connectivity index (χ0v) is 15.1. The van der Waals surface area contributed by atoms with Crippen LogP contribution in [0.2, 0.25) is 4.34 Å². The van der Waals surface area contributed by atoms with Gasteiger partial charge in [0.05, 0.1) is 4.34 Å². The van der Waals surface area contributed by atoms with Crippen molar-refractivity contribution in [3.05, 3.63) is 16.5 Å². The van der Waals surface area contributed by atoms with Crippen LogP contribution >= 0.6 is 22.9 Å². The van der Waals surface area contributed by atoms with Crippen molar-refractivity contribution < 1.29 is 13.2 Å². The molecule has 1 fully saturated rings. The summed E-state index contributed by atoms with van der Waals surface area (Å²) in [5.41, 5.74) is 0. The lowest BCUT2D eigenvalue weighted by atomic mass is 9.97. The number of carbonyl (C=O) groups excluding carboxylic acids is 1. The number of piperidine rings is 1. The largest absolute Gasteiger partial charge is 0.356 e. The number of nitrogens with one attached hydrogen (secondary N) is 1. The van der Waals surface area contributed by atoms with Gasteiger partial charge in [-0.15, -0.1) is 11.3 Å². The second kappa shape index (κ2) is 7.29. The van der Waals surface area contributed by atoms with Crippen LogP contribution in [0.4, 0.5) is 0 Å². The molecule has 0 aliphatic carbocycles. The van der Waals surface area contributed by atoms with Gasteiger partial charge >= 0.3 is 0 Å². The van der Waals surface area contributed by atoms with Crippen LogP contribution < -0.4 is 5.32 Å². The smallest absolute Gasteiger partial charge is 0.252 e. The summed E-state index contributed by atoms with van der Waals surface area (Å²) in [6.07, 6.45) is 1.12. The third-order valence-corrected chi connectivity index (χ3v) is 7.25. The van der Waals surface area contributed by atoms with Crippen molar-refractivity contribution in [3.8, 4) is 0 Å². The highest BCUT2D eigenvalue weighted by Crippen LogP contribution is 2.30. The molecule has 0 bridgehead atoms. The fourth-order valence-electron chi connectivity index (χ4n) is 2.37. The molecule has 22 heavy (non-hydrogen) atoms. The Morgan fingerprint density at radius 1 is 1.41 bits per heavy atom. The maximum atomic E-state index is 12.5. The number of halogens is 1. The van der Waals surface area contributed by atoms with E-state index in [0.29, 0.717) is 42.7 Å². The van der Waals surface area contributed by atoms with Gasteiger partial charge in [0.2, 0.25) is 5.91 Å². The van der Waals surface area contributed by atoms with E-state index in [0.717, 1.165) is 11.3 Å². The van der Waals surface area contributed by atoms with Crippen molar-refractivity contribution in [1.29, 1.82) is 0 Å². The fraction of sp³-hybridized carbons (Fsp3) is 0.643. The molecule has 1 saturated heterocycles. The molecule has 0 spiro atoms. The fourth-order valence-corrected chi connectivity index (χ4v) is 5.48. The number of sulfonamides is 1. The molecule has 0 unspecified atom stereocenters. The Morgan fingerprint density at radius 3 is 2.55 bits per heavy atom. The van der Waals surface area contributed by atoms with Gasteiger partial charge in [0, 0.05) is 25.6 Å². The first-order valence-electron chi connectivity index (χ1n) is 7.34. The number of carbonyl (C=O) groups is 1. The molecule has 2 heterocycles. The molecule has 1 aromatic rings. The predicted octanol–water partition coefficient (Wildman–Crippen LogP) is 2.57. The number of hydrogen-bond acceptors (Lipinski definition) is 4. The molecule has 1 aliphatic rings. The van der Waals surface area contributed by atoms with Crippen LogP contribution in [0.5, 0.6) is 0 Å². The summed E-state index contributed by atoms with van der Waals surface area (Å²) in [6, 6.07) is 3.12. The number of thiophene rings is 1. The first-order chi connectivity index (χ1) is 10.3.